The Morgan fingerprint density at radius 2 is 2.42 bits per heavy atom. The SMILES string of the molecule is CCNC(=NCCCOCC1CCCO1)NCCc1csc(C)n1. The maximum absolute atomic E-state index is 5.66. The monoisotopic (exact) mass is 354 g/mol. The lowest BCUT2D eigenvalue weighted by Crippen LogP contribution is -2.38. The zero-order valence-electron chi connectivity index (χ0n) is 14.8. The van der Waals surface area contributed by atoms with Crippen molar-refractivity contribution in [1.29, 1.82) is 0 Å². The Morgan fingerprint density at radius 3 is 3.12 bits per heavy atom. The van der Waals surface area contributed by atoms with Crippen molar-refractivity contribution in [3.8, 4) is 0 Å². The zero-order chi connectivity index (χ0) is 17.0. The van der Waals surface area contributed by atoms with Crippen molar-refractivity contribution >= 4 is 17.3 Å². The molecule has 1 saturated heterocycles. The third-order valence-electron chi connectivity index (χ3n) is 3.73. The first-order valence-corrected chi connectivity index (χ1v) is 9.78. The minimum absolute atomic E-state index is 0.307. The Kier molecular flexibility index (Phi) is 9.09. The third kappa shape index (κ3) is 7.59. The molecule has 7 heteroatoms. The maximum Gasteiger partial charge on any atom is 0.191 e. The fourth-order valence-electron chi connectivity index (χ4n) is 2.52. The quantitative estimate of drug-likeness (QED) is 0.383. The van der Waals surface area contributed by atoms with Crippen molar-refractivity contribution in [3.05, 3.63) is 16.1 Å². The molecule has 2 heterocycles. The van der Waals surface area contributed by atoms with Crippen LogP contribution in [0, 0.1) is 6.92 Å². The minimum atomic E-state index is 0.307. The summed E-state index contributed by atoms with van der Waals surface area (Å²) in [6.45, 7) is 8.91. The molecule has 2 N–H and O–H groups in total. The van der Waals surface area contributed by atoms with E-state index in [1.807, 2.05) is 6.92 Å². The standard InChI is InChI=1S/C17H30N4O2S/c1-3-18-17(20-9-7-15-13-24-14(2)21-15)19-8-5-10-22-12-16-6-4-11-23-16/h13,16H,3-12H2,1-2H3,(H2,18,19,20). The Balaban J connectivity index is 1.57. The van der Waals surface area contributed by atoms with Crippen LogP contribution in [0.4, 0.5) is 0 Å². The van der Waals surface area contributed by atoms with E-state index in [0.29, 0.717) is 6.10 Å². The zero-order valence-corrected chi connectivity index (χ0v) is 15.7. The molecule has 2 rings (SSSR count). The lowest BCUT2D eigenvalue weighted by molar-refractivity contribution is 0.0171. The van der Waals surface area contributed by atoms with Gasteiger partial charge in [0.25, 0.3) is 0 Å². The summed E-state index contributed by atoms with van der Waals surface area (Å²) in [5, 5.41) is 9.86. The summed E-state index contributed by atoms with van der Waals surface area (Å²) < 4.78 is 11.2. The number of aromatic nitrogens is 1. The molecule has 0 aliphatic carbocycles. The van der Waals surface area contributed by atoms with Crippen molar-refractivity contribution in [3.63, 3.8) is 0 Å². The van der Waals surface area contributed by atoms with Gasteiger partial charge in [0.1, 0.15) is 0 Å². The minimum Gasteiger partial charge on any atom is -0.379 e. The summed E-state index contributed by atoms with van der Waals surface area (Å²) in [6.07, 6.45) is 4.44. The van der Waals surface area contributed by atoms with Crippen molar-refractivity contribution < 1.29 is 9.47 Å². The molecular formula is C17H30N4O2S. The van der Waals surface area contributed by atoms with Gasteiger partial charge in [-0.25, -0.2) is 4.98 Å². The number of nitrogens with one attached hydrogen (secondary N) is 2. The highest BCUT2D eigenvalue weighted by Gasteiger charge is 2.14. The molecule has 0 bridgehead atoms. The predicted molar refractivity (Wildman–Crippen MR) is 98.9 cm³/mol. The molecule has 1 fully saturated rings. The number of guanidine groups is 1. The summed E-state index contributed by atoms with van der Waals surface area (Å²) in [5.74, 6) is 0.864. The second-order valence-electron chi connectivity index (χ2n) is 5.86. The van der Waals surface area contributed by atoms with E-state index in [-0.39, 0.29) is 0 Å². The van der Waals surface area contributed by atoms with E-state index >= 15 is 0 Å². The average molecular weight is 355 g/mol. The summed E-state index contributed by atoms with van der Waals surface area (Å²) in [7, 11) is 0. The van der Waals surface area contributed by atoms with Crippen LogP contribution in [0.2, 0.25) is 0 Å². The van der Waals surface area contributed by atoms with Gasteiger partial charge in [-0.2, -0.15) is 0 Å². The first kappa shape index (κ1) is 19.1. The highest BCUT2D eigenvalue weighted by Crippen LogP contribution is 2.11. The molecule has 1 aliphatic rings. The Bertz CT molecular complexity index is 487. The van der Waals surface area contributed by atoms with E-state index in [1.165, 1.54) is 0 Å². The second kappa shape index (κ2) is 11.4. The second-order valence-corrected chi connectivity index (χ2v) is 6.92. The largest absolute Gasteiger partial charge is 0.379 e. The lowest BCUT2D eigenvalue weighted by Gasteiger charge is -2.11. The van der Waals surface area contributed by atoms with Gasteiger partial charge in [-0.15, -0.1) is 11.3 Å². The fourth-order valence-corrected chi connectivity index (χ4v) is 3.17. The van der Waals surface area contributed by atoms with Crippen LogP contribution in [0.3, 0.4) is 0 Å². The lowest BCUT2D eigenvalue weighted by atomic mass is 10.2. The van der Waals surface area contributed by atoms with Gasteiger partial charge in [0.2, 0.25) is 0 Å². The van der Waals surface area contributed by atoms with E-state index in [2.05, 4.69) is 32.9 Å². The van der Waals surface area contributed by atoms with Gasteiger partial charge < -0.3 is 20.1 Å². The number of hydrogen-bond donors (Lipinski definition) is 2. The van der Waals surface area contributed by atoms with Gasteiger partial charge >= 0.3 is 0 Å². The van der Waals surface area contributed by atoms with Crippen LogP contribution in [0.15, 0.2) is 10.4 Å². The molecule has 136 valence electrons. The van der Waals surface area contributed by atoms with Crippen LogP contribution in [0.1, 0.15) is 36.9 Å². The smallest absolute Gasteiger partial charge is 0.191 e. The number of nitrogens with zero attached hydrogens (tertiary/aromatic N) is 2. The van der Waals surface area contributed by atoms with Crippen LogP contribution < -0.4 is 10.6 Å². The predicted octanol–water partition coefficient (Wildman–Crippen LogP) is 2.13. The van der Waals surface area contributed by atoms with Crippen LogP contribution in [-0.2, 0) is 15.9 Å². The number of ether oxygens (including phenoxy) is 2. The third-order valence-corrected chi connectivity index (χ3v) is 4.55. The average Bonchev–Trinajstić information content (AvgIpc) is 3.22. The molecule has 1 atom stereocenters. The highest BCUT2D eigenvalue weighted by molar-refractivity contribution is 7.09. The van der Waals surface area contributed by atoms with Gasteiger partial charge in [-0.05, 0) is 33.1 Å². The van der Waals surface area contributed by atoms with Gasteiger partial charge in [-0.3, -0.25) is 4.99 Å². The maximum atomic E-state index is 5.66. The molecule has 24 heavy (non-hydrogen) atoms. The summed E-state index contributed by atoms with van der Waals surface area (Å²) in [6, 6.07) is 0. The normalized spacial score (nSPS) is 18.1. The molecule has 1 aliphatic heterocycles. The van der Waals surface area contributed by atoms with E-state index in [4.69, 9.17) is 9.47 Å². The molecule has 0 radical (unpaired) electrons. The van der Waals surface area contributed by atoms with Crippen LogP contribution in [0.5, 0.6) is 0 Å². The van der Waals surface area contributed by atoms with E-state index < -0.39 is 0 Å². The molecule has 1 aromatic rings. The van der Waals surface area contributed by atoms with Crippen LogP contribution in [0.25, 0.3) is 0 Å². The van der Waals surface area contributed by atoms with Crippen LogP contribution in [-0.4, -0.2) is 56.5 Å². The van der Waals surface area contributed by atoms with Crippen molar-refractivity contribution in [1.82, 2.24) is 15.6 Å². The number of aryl methyl sites for hydroxylation is 1. The molecule has 0 aromatic carbocycles. The molecule has 0 saturated carbocycles. The van der Waals surface area contributed by atoms with E-state index in [1.54, 1.807) is 11.3 Å². The number of rotatable bonds is 10. The molecule has 1 unspecified atom stereocenters. The number of hydrogen-bond acceptors (Lipinski definition) is 5. The number of thiazole rings is 1. The van der Waals surface area contributed by atoms with E-state index in [0.717, 1.165) is 81.8 Å². The number of aliphatic imine (C=N–C) groups is 1. The molecule has 0 spiro atoms. The van der Waals surface area contributed by atoms with Crippen molar-refractivity contribution in [2.24, 2.45) is 4.99 Å². The molecular weight excluding hydrogens is 324 g/mol. The summed E-state index contributed by atoms with van der Waals surface area (Å²) in [5.41, 5.74) is 1.14. The Morgan fingerprint density at radius 1 is 1.50 bits per heavy atom. The van der Waals surface area contributed by atoms with Crippen molar-refractivity contribution in [2.75, 3.05) is 39.5 Å². The van der Waals surface area contributed by atoms with Gasteiger partial charge in [0.05, 0.1) is 23.4 Å². The van der Waals surface area contributed by atoms with Crippen molar-refractivity contribution in [2.45, 2.75) is 45.6 Å². The highest BCUT2D eigenvalue weighted by atomic mass is 32.1. The van der Waals surface area contributed by atoms with Gasteiger partial charge in [0.15, 0.2) is 5.96 Å². The van der Waals surface area contributed by atoms with E-state index in [9.17, 15) is 0 Å². The first-order valence-electron chi connectivity index (χ1n) is 8.90. The molecule has 0 amide bonds. The summed E-state index contributed by atoms with van der Waals surface area (Å²) in [4.78, 5) is 9.06. The Hall–Kier alpha value is -1.18. The van der Waals surface area contributed by atoms with Gasteiger partial charge in [-0.1, -0.05) is 0 Å². The Labute approximate surface area is 149 Å². The van der Waals surface area contributed by atoms with Gasteiger partial charge in [0, 0.05) is 44.6 Å². The van der Waals surface area contributed by atoms with Crippen LogP contribution >= 0.6 is 11.3 Å². The first-order chi connectivity index (χ1) is 11.8. The fraction of sp³-hybridized carbons (Fsp3) is 0.765. The summed E-state index contributed by atoms with van der Waals surface area (Å²) >= 11 is 1.70. The molecule has 1 aromatic heterocycles. The topological polar surface area (TPSA) is 67.8 Å². The molecule has 6 nitrogen and oxygen atoms in total.